The summed E-state index contributed by atoms with van der Waals surface area (Å²) in [6.07, 6.45) is 3.34. The van der Waals surface area contributed by atoms with Crippen LogP contribution in [0.2, 0.25) is 0 Å². The van der Waals surface area contributed by atoms with Crippen LogP contribution in [0.15, 0.2) is 30.3 Å². The van der Waals surface area contributed by atoms with Gasteiger partial charge in [-0.1, -0.05) is 30.3 Å². The van der Waals surface area contributed by atoms with Crippen molar-refractivity contribution in [1.82, 2.24) is 5.32 Å². The zero-order valence-corrected chi connectivity index (χ0v) is 11.3. The van der Waals surface area contributed by atoms with E-state index in [9.17, 15) is 4.79 Å². The number of carbonyl (C=O) groups is 1. The first kappa shape index (κ1) is 14.0. The maximum atomic E-state index is 12.3. The summed E-state index contributed by atoms with van der Waals surface area (Å²) < 4.78 is 5.32. The summed E-state index contributed by atoms with van der Waals surface area (Å²) in [5, 5.41) is 3.07. The summed E-state index contributed by atoms with van der Waals surface area (Å²) in [6, 6.07) is 10.1. The Morgan fingerprint density at radius 2 is 1.89 bits per heavy atom. The van der Waals surface area contributed by atoms with Gasteiger partial charge < -0.3 is 15.8 Å². The molecule has 3 N–H and O–H groups in total. The lowest BCUT2D eigenvalue weighted by molar-refractivity contribution is -0.132. The van der Waals surface area contributed by atoms with E-state index in [0.29, 0.717) is 6.04 Å². The second-order valence-corrected chi connectivity index (χ2v) is 5.15. The molecule has 0 spiro atoms. The van der Waals surface area contributed by atoms with E-state index in [-0.39, 0.29) is 11.9 Å². The zero-order valence-electron chi connectivity index (χ0n) is 11.3. The molecule has 1 aromatic carbocycles. The van der Waals surface area contributed by atoms with Gasteiger partial charge in [0.05, 0.1) is 0 Å². The molecule has 19 heavy (non-hydrogen) atoms. The molecule has 0 bridgehead atoms. The van der Waals surface area contributed by atoms with E-state index in [1.807, 2.05) is 30.3 Å². The fraction of sp³-hybridized carbons (Fsp3) is 0.533. The van der Waals surface area contributed by atoms with Gasteiger partial charge in [0.1, 0.15) is 0 Å². The van der Waals surface area contributed by atoms with Gasteiger partial charge in [-0.05, 0) is 31.2 Å². The van der Waals surface area contributed by atoms with Crippen LogP contribution in [0.5, 0.6) is 0 Å². The molecule has 1 amide bonds. The number of nitrogens with one attached hydrogen (secondary N) is 1. The van der Waals surface area contributed by atoms with Crippen LogP contribution in [0.25, 0.3) is 0 Å². The highest BCUT2D eigenvalue weighted by atomic mass is 16.5. The fourth-order valence-corrected chi connectivity index (χ4v) is 2.56. The van der Waals surface area contributed by atoms with E-state index in [4.69, 9.17) is 10.5 Å². The molecule has 0 aliphatic heterocycles. The molecule has 2 rings (SSSR count). The Morgan fingerprint density at radius 1 is 1.26 bits per heavy atom. The van der Waals surface area contributed by atoms with Gasteiger partial charge >= 0.3 is 0 Å². The van der Waals surface area contributed by atoms with Crippen molar-refractivity contribution in [2.45, 2.75) is 43.9 Å². The number of methoxy groups -OCH3 is 1. The van der Waals surface area contributed by atoms with E-state index >= 15 is 0 Å². The Labute approximate surface area is 114 Å². The Morgan fingerprint density at radius 3 is 2.47 bits per heavy atom. The predicted octanol–water partition coefficient (Wildman–Crippen LogP) is 1.76. The Balaban J connectivity index is 1.94. The lowest BCUT2D eigenvalue weighted by Gasteiger charge is -2.28. The first-order valence-corrected chi connectivity index (χ1v) is 6.84. The van der Waals surface area contributed by atoms with E-state index in [1.165, 1.54) is 0 Å². The number of carbonyl (C=O) groups excluding carboxylic acids is 1. The summed E-state index contributed by atoms with van der Waals surface area (Å²) in [7, 11) is 1.56. The summed E-state index contributed by atoms with van der Waals surface area (Å²) in [5.74, 6) is -0.0610. The highest BCUT2D eigenvalue weighted by molar-refractivity contribution is 5.82. The van der Waals surface area contributed by atoms with Crippen molar-refractivity contribution in [3.63, 3.8) is 0 Å². The third-order valence-electron chi connectivity index (χ3n) is 3.69. The average Bonchev–Trinajstić information content (AvgIpc) is 2.43. The first-order chi connectivity index (χ1) is 9.20. The lowest BCUT2D eigenvalue weighted by atomic mass is 9.91. The van der Waals surface area contributed by atoms with Crippen LogP contribution in [0.3, 0.4) is 0 Å². The molecule has 0 aromatic heterocycles. The van der Waals surface area contributed by atoms with Crippen LogP contribution >= 0.6 is 0 Å². The number of benzene rings is 1. The van der Waals surface area contributed by atoms with Crippen LogP contribution in [0, 0.1) is 0 Å². The third-order valence-corrected chi connectivity index (χ3v) is 3.69. The minimum atomic E-state index is -0.531. The van der Waals surface area contributed by atoms with Crippen molar-refractivity contribution in [3.05, 3.63) is 35.9 Å². The van der Waals surface area contributed by atoms with Crippen molar-refractivity contribution in [2.75, 3.05) is 7.11 Å². The standard InChI is InChI=1S/C15H22N2O2/c1-19-14(11-5-3-2-4-6-11)15(18)17-13-9-7-12(16)8-10-13/h2-6,12-14H,7-10,16H2,1H3,(H,17,18). The van der Waals surface area contributed by atoms with E-state index < -0.39 is 6.10 Å². The Bertz CT molecular complexity index is 400. The van der Waals surface area contributed by atoms with Crippen molar-refractivity contribution in [3.8, 4) is 0 Å². The molecule has 104 valence electrons. The minimum absolute atomic E-state index is 0.0610. The van der Waals surface area contributed by atoms with Crippen LogP contribution in [0.4, 0.5) is 0 Å². The second kappa shape index (κ2) is 6.68. The molecular weight excluding hydrogens is 240 g/mol. The predicted molar refractivity (Wildman–Crippen MR) is 74.6 cm³/mol. The van der Waals surface area contributed by atoms with Crippen molar-refractivity contribution in [2.24, 2.45) is 5.73 Å². The van der Waals surface area contributed by atoms with Gasteiger partial charge in [-0.2, -0.15) is 0 Å². The van der Waals surface area contributed by atoms with E-state index in [2.05, 4.69) is 5.32 Å². The summed E-state index contributed by atoms with van der Waals surface area (Å²) >= 11 is 0. The molecule has 1 aliphatic carbocycles. The quantitative estimate of drug-likeness (QED) is 0.869. The number of amides is 1. The van der Waals surface area contributed by atoms with Gasteiger partial charge in [-0.3, -0.25) is 4.79 Å². The molecule has 0 radical (unpaired) electrons. The van der Waals surface area contributed by atoms with Crippen LogP contribution in [-0.2, 0) is 9.53 Å². The molecule has 4 nitrogen and oxygen atoms in total. The number of hydrogen-bond acceptors (Lipinski definition) is 3. The summed E-state index contributed by atoms with van der Waals surface area (Å²) in [6.45, 7) is 0. The van der Waals surface area contributed by atoms with Gasteiger partial charge in [0.25, 0.3) is 5.91 Å². The SMILES string of the molecule is COC(C(=O)NC1CCC(N)CC1)c1ccccc1. The highest BCUT2D eigenvalue weighted by Crippen LogP contribution is 2.20. The fourth-order valence-electron chi connectivity index (χ4n) is 2.56. The van der Waals surface area contributed by atoms with Crippen LogP contribution < -0.4 is 11.1 Å². The van der Waals surface area contributed by atoms with E-state index in [1.54, 1.807) is 7.11 Å². The van der Waals surface area contributed by atoms with Crippen LogP contribution in [-0.4, -0.2) is 25.1 Å². The molecule has 1 unspecified atom stereocenters. The molecule has 1 aliphatic rings. The number of ether oxygens (including phenoxy) is 1. The zero-order chi connectivity index (χ0) is 13.7. The Hall–Kier alpha value is -1.39. The number of rotatable bonds is 4. The topological polar surface area (TPSA) is 64.3 Å². The van der Waals surface area contributed by atoms with Crippen molar-refractivity contribution in [1.29, 1.82) is 0 Å². The van der Waals surface area contributed by atoms with Crippen LogP contribution in [0.1, 0.15) is 37.4 Å². The molecular formula is C15H22N2O2. The molecule has 0 heterocycles. The first-order valence-electron chi connectivity index (χ1n) is 6.84. The average molecular weight is 262 g/mol. The molecule has 1 saturated carbocycles. The van der Waals surface area contributed by atoms with Gasteiger partial charge in [-0.25, -0.2) is 0 Å². The van der Waals surface area contributed by atoms with Gasteiger partial charge in [-0.15, -0.1) is 0 Å². The summed E-state index contributed by atoms with van der Waals surface area (Å²) in [4.78, 5) is 12.3. The molecule has 1 aromatic rings. The largest absolute Gasteiger partial charge is 0.367 e. The van der Waals surface area contributed by atoms with E-state index in [0.717, 1.165) is 31.2 Å². The monoisotopic (exact) mass is 262 g/mol. The molecule has 4 heteroatoms. The number of nitrogens with two attached hydrogens (primary N) is 1. The highest BCUT2D eigenvalue weighted by Gasteiger charge is 2.25. The van der Waals surface area contributed by atoms with Gasteiger partial charge in [0, 0.05) is 19.2 Å². The van der Waals surface area contributed by atoms with Gasteiger partial charge in [0.2, 0.25) is 0 Å². The summed E-state index contributed by atoms with van der Waals surface area (Å²) in [5.41, 5.74) is 6.75. The minimum Gasteiger partial charge on any atom is -0.367 e. The molecule has 0 saturated heterocycles. The third kappa shape index (κ3) is 3.78. The molecule has 1 atom stereocenters. The normalized spacial score (nSPS) is 24.7. The Kier molecular flexibility index (Phi) is 4.93. The second-order valence-electron chi connectivity index (χ2n) is 5.15. The smallest absolute Gasteiger partial charge is 0.253 e. The maximum absolute atomic E-state index is 12.3. The maximum Gasteiger partial charge on any atom is 0.253 e. The number of hydrogen-bond donors (Lipinski definition) is 2. The molecule has 1 fully saturated rings. The van der Waals surface area contributed by atoms with Crippen molar-refractivity contribution >= 4 is 5.91 Å². The van der Waals surface area contributed by atoms with Gasteiger partial charge in [0.15, 0.2) is 6.10 Å². The van der Waals surface area contributed by atoms with Crippen molar-refractivity contribution < 1.29 is 9.53 Å². The lowest BCUT2D eigenvalue weighted by Crippen LogP contribution is -2.42.